The van der Waals surface area contributed by atoms with Crippen molar-refractivity contribution in [2.24, 2.45) is 0 Å². The maximum absolute atomic E-state index is 15.1. The van der Waals surface area contributed by atoms with Gasteiger partial charge in [-0.2, -0.15) is 4.39 Å². The standard InChI is InChI=1S/C22H17F4N3O4.C2H6.H2S2/c1-10(30)16-19(12-4-6-15(18(24)17(12)23)33-8-22(2,25)26)29(21(32)20(16)31)11-3-5-13-14(7-11)28-9-27-13;2*1-2/h3-7,9,19,31H,8H2,1-2H3,(H,27,28);1-2H3;1-2H. The van der Waals surface area contributed by atoms with Crippen LogP contribution in [-0.4, -0.2) is 39.3 Å². The molecule has 4 rings (SSSR count). The van der Waals surface area contributed by atoms with Crippen LogP contribution < -0.4 is 9.64 Å². The number of aromatic amines is 1. The fourth-order valence-electron chi connectivity index (χ4n) is 3.67. The van der Waals surface area contributed by atoms with Crippen LogP contribution in [0.1, 0.15) is 39.3 Å². The lowest BCUT2D eigenvalue weighted by molar-refractivity contribution is -0.117. The molecule has 0 fully saturated rings. The lowest BCUT2D eigenvalue weighted by Crippen LogP contribution is -2.31. The molecule has 37 heavy (non-hydrogen) atoms. The number of aromatic nitrogens is 2. The highest BCUT2D eigenvalue weighted by atomic mass is 33.1. The first-order chi connectivity index (χ1) is 17.5. The Morgan fingerprint density at radius 3 is 2.43 bits per heavy atom. The second-order valence-corrected chi connectivity index (χ2v) is 7.64. The summed E-state index contributed by atoms with van der Waals surface area (Å²) in [5.74, 6) is -9.74. The van der Waals surface area contributed by atoms with Crippen molar-refractivity contribution in [1.82, 2.24) is 9.97 Å². The van der Waals surface area contributed by atoms with Crippen molar-refractivity contribution in [3.05, 3.63) is 65.2 Å². The molecular formula is C24H25F4N3O4S2. The predicted molar refractivity (Wildman–Crippen MR) is 138 cm³/mol. The second-order valence-electron chi connectivity index (χ2n) is 7.64. The van der Waals surface area contributed by atoms with E-state index in [0.717, 1.165) is 24.0 Å². The van der Waals surface area contributed by atoms with Crippen LogP contribution in [0.25, 0.3) is 11.0 Å². The third kappa shape index (κ3) is 6.21. The smallest absolute Gasteiger partial charge is 0.294 e. The number of thiol groups is 2. The minimum atomic E-state index is -3.28. The van der Waals surface area contributed by atoms with Crippen LogP contribution in [0, 0.1) is 11.6 Å². The molecule has 7 nitrogen and oxygen atoms in total. The maximum atomic E-state index is 15.1. The highest BCUT2D eigenvalue weighted by Gasteiger charge is 2.45. The van der Waals surface area contributed by atoms with Gasteiger partial charge in [-0.25, -0.2) is 18.2 Å². The number of alkyl halides is 2. The van der Waals surface area contributed by atoms with Gasteiger partial charge < -0.3 is 14.8 Å². The summed E-state index contributed by atoms with van der Waals surface area (Å²) in [7, 11) is 0. The molecule has 0 bridgehead atoms. The van der Waals surface area contributed by atoms with Crippen molar-refractivity contribution < 1.29 is 37.0 Å². The van der Waals surface area contributed by atoms with E-state index in [2.05, 4.69) is 38.0 Å². The van der Waals surface area contributed by atoms with E-state index in [-0.39, 0.29) is 5.69 Å². The Kier molecular flexibility index (Phi) is 10.0. The number of amides is 1. The predicted octanol–water partition coefficient (Wildman–Crippen LogP) is 6.15. The van der Waals surface area contributed by atoms with Crippen LogP contribution in [0.3, 0.4) is 0 Å². The average molecular weight is 560 g/mol. The number of hydrogen-bond acceptors (Lipinski definition) is 7. The summed E-state index contributed by atoms with van der Waals surface area (Å²) in [4.78, 5) is 33.0. The molecule has 2 aromatic carbocycles. The highest BCUT2D eigenvalue weighted by Crippen LogP contribution is 2.43. The maximum Gasteiger partial charge on any atom is 0.294 e. The zero-order chi connectivity index (χ0) is 28.1. The van der Waals surface area contributed by atoms with E-state index < -0.39 is 64.5 Å². The minimum Gasteiger partial charge on any atom is -0.503 e. The van der Waals surface area contributed by atoms with E-state index in [1.54, 1.807) is 6.07 Å². The molecule has 0 radical (unpaired) electrons. The minimum absolute atomic E-state index is 0.176. The number of ketones is 1. The van der Waals surface area contributed by atoms with Gasteiger partial charge in [0.25, 0.3) is 11.8 Å². The number of H-pyrrole nitrogens is 1. The van der Waals surface area contributed by atoms with Crippen molar-refractivity contribution in [3.63, 3.8) is 0 Å². The van der Waals surface area contributed by atoms with Gasteiger partial charge in [-0.05, 0) is 37.3 Å². The molecule has 2 heterocycles. The highest BCUT2D eigenvalue weighted by molar-refractivity contribution is 8.59. The largest absolute Gasteiger partial charge is 0.503 e. The molecule has 1 aliphatic rings. The number of aliphatic hydroxyl groups excluding tert-OH is 1. The number of carbonyl (C=O) groups excluding carboxylic acids is 2. The Bertz CT molecular complexity index is 1330. The Balaban J connectivity index is 0.00000115. The molecule has 1 atom stereocenters. The third-order valence-electron chi connectivity index (χ3n) is 5.12. The summed E-state index contributed by atoms with van der Waals surface area (Å²) in [6, 6.07) is 4.97. The van der Waals surface area contributed by atoms with Gasteiger partial charge >= 0.3 is 0 Å². The quantitative estimate of drug-likeness (QED) is 0.165. The van der Waals surface area contributed by atoms with Gasteiger partial charge in [0.05, 0.1) is 29.0 Å². The van der Waals surface area contributed by atoms with Crippen molar-refractivity contribution in [1.29, 1.82) is 0 Å². The van der Waals surface area contributed by atoms with Gasteiger partial charge in [0.2, 0.25) is 5.82 Å². The molecule has 0 spiro atoms. The molecule has 13 heteroatoms. The van der Waals surface area contributed by atoms with Crippen LogP contribution in [0.4, 0.5) is 23.2 Å². The Morgan fingerprint density at radius 1 is 1.19 bits per heavy atom. The van der Waals surface area contributed by atoms with Gasteiger partial charge in [-0.1, -0.05) is 13.8 Å². The number of anilines is 1. The molecule has 2 N–H and O–H groups in total. The van der Waals surface area contributed by atoms with Gasteiger partial charge in [0.1, 0.15) is 0 Å². The number of ether oxygens (including phenoxy) is 1. The Hall–Kier alpha value is -3.19. The van der Waals surface area contributed by atoms with Crippen LogP contribution in [0.15, 0.2) is 48.0 Å². The van der Waals surface area contributed by atoms with E-state index in [9.17, 15) is 27.9 Å². The number of rotatable bonds is 6. The van der Waals surface area contributed by atoms with E-state index in [1.165, 1.54) is 18.5 Å². The number of imidazole rings is 1. The molecule has 1 unspecified atom stereocenters. The number of Topliss-reactive ketones (excluding diaryl/α,β-unsaturated/α-hetero) is 1. The van der Waals surface area contributed by atoms with Gasteiger partial charge in [0, 0.05) is 18.2 Å². The normalized spacial score (nSPS) is 15.2. The third-order valence-corrected chi connectivity index (χ3v) is 5.12. The lowest BCUT2D eigenvalue weighted by Gasteiger charge is -2.27. The van der Waals surface area contributed by atoms with E-state index in [0.29, 0.717) is 18.0 Å². The van der Waals surface area contributed by atoms with Crippen molar-refractivity contribution in [2.75, 3.05) is 11.5 Å². The molecule has 0 saturated carbocycles. The molecule has 0 aliphatic carbocycles. The van der Waals surface area contributed by atoms with E-state index >= 15 is 4.39 Å². The summed E-state index contributed by atoms with van der Waals surface area (Å²) in [5.41, 5.74) is 0.366. The number of fused-ring (bicyclic) bond motifs is 1. The fourth-order valence-corrected chi connectivity index (χ4v) is 3.67. The molecule has 200 valence electrons. The second kappa shape index (κ2) is 12.4. The first-order valence-corrected chi connectivity index (χ1v) is 12.5. The molecule has 0 saturated heterocycles. The SMILES string of the molecule is CC.CC(=O)C1=C(O)C(=O)N(c2ccc3nc[nH]c3c2)C1c1ccc(OCC(C)(F)F)c(F)c1F.SS. The molecule has 1 aliphatic heterocycles. The van der Waals surface area contributed by atoms with Crippen LogP contribution in [0.5, 0.6) is 5.75 Å². The number of nitrogens with zero attached hydrogens (tertiary/aromatic N) is 2. The van der Waals surface area contributed by atoms with E-state index in [1.807, 2.05) is 13.8 Å². The summed E-state index contributed by atoms with van der Waals surface area (Å²) in [6.07, 6.45) is 1.42. The van der Waals surface area contributed by atoms with Crippen molar-refractivity contribution >= 4 is 51.7 Å². The summed E-state index contributed by atoms with van der Waals surface area (Å²) in [5, 5.41) is 10.4. The zero-order valence-electron chi connectivity index (χ0n) is 20.2. The number of nitrogens with one attached hydrogen (secondary N) is 1. The average Bonchev–Trinajstić information content (AvgIpc) is 3.44. The number of carbonyl (C=O) groups is 2. The first-order valence-electron chi connectivity index (χ1n) is 10.9. The summed E-state index contributed by atoms with van der Waals surface area (Å²) >= 11 is 6.44. The Labute approximate surface area is 220 Å². The lowest BCUT2D eigenvalue weighted by atomic mass is 9.95. The van der Waals surface area contributed by atoms with Gasteiger partial charge in [-0.3, -0.25) is 14.5 Å². The van der Waals surface area contributed by atoms with Crippen LogP contribution in [0.2, 0.25) is 0 Å². The molecule has 1 aromatic heterocycles. The summed E-state index contributed by atoms with van der Waals surface area (Å²) < 4.78 is 60.6. The van der Waals surface area contributed by atoms with Gasteiger partial charge in [-0.15, -0.1) is 23.3 Å². The summed E-state index contributed by atoms with van der Waals surface area (Å²) in [6.45, 7) is 4.45. The van der Waals surface area contributed by atoms with E-state index in [4.69, 9.17) is 0 Å². The molecule has 3 aromatic rings. The first kappa shape index (κ1) is 30.0. The number of benzene rings is 2. The number of aliphatic hydroxyl groups is 1. The zero-order valence-corrected chi connectivity index (χ0v) is 22.0. The molecular weight excluding hydrogens is 534 g/mol. The topological polar surface area (TPSA) is 95.5 Å². The van der Waals surface area contributed by atoms with Crippen molar-refractivity contribution in [2.45, 2.75) is 39.7 Å². The molecule has 1 amide bonds. The van der Waals surface area contributed by atoms with Crippen LogP contribution in [-0.2, 0) is 9.59 Å². The van der Waals surface area contributed by atoms with Crippen molar-refractivity contribution in [3.8, 4) is 5.75 Å². The Morgan fingerprint density at radius 2 is 1.84 bits per heavy atom. The number of hydrogen-bond donors (Lipinski definition) is 4. The van der Waals surface area contributed by atoms with Gasteiger partial charge in [0.15, 0.2) is 29.7 Å². The fraction of sp³-hybridized carbons (Fsp3) is 0.292. The van der Waals surface area contributed by atoms with Crippen LogP contribution >= 0.6 is 23.3 Å². The number of halogens is 4. The monoisotopic (exact) mass is 559 g/mol.